The standard InChI is InChI=1S/C15H24FN3O/c1-11(10-19-5-3-4-6-19)9-18-14-8-15(20-2)13(17)7-12(14)16/h7-8,11,18H,3-6,9-10,17H2,1-2H3. The van der Waals surface area contributed by atoms with Crippen molar-refractivity contribution in [1.82, 2.24) is 4.90 Å². The highest BCUT2D eigenvalue weighted by Gasteiger charge is 2.15. The molecule has 1 aromatic carbocycles. The third-order valence-electron chi connectivity index (χ3n) is 3.73. The summed E-state index contributed by atoms with van der Waals surface area (Å²) in [4.78, 5) is 2.46. The van der Waals surface area contributed by atoms with E-state index in [0.717, 1.165) is 13.1 Å². The van der Waals surface area contributed by atoms with Gasteiger partial charge in [-0.3, -0.25) is 0 Å². The third kappa shape index (κ3) is 3.76. The zero-order valence-electron chi connectivity index (χ0n) is 12.3. The Balaban J connectivity index is 1.89. The predicted molar refractivity (Wildman–Crippen MR) is 80.7 cm³/mol. The molecule has 1 heterocycles. The van der Waals surface area contributed by atoms with Crippen molar-refractivity contribution in [2.24, 2.45) is 5.92 Å². The molecule has 0 saturated carbocycles. The number of anilines is 2. The van der Waals surface area contributed by atoms with E-state index in [1.807, 2.05) is 0 Å². The summed E-state index contributed by atoms with van der Waals surface area (Å²) in [7, 11) is 1.53. The van der Waals surface area contributed by atoms with Gasteiger partial charge < -0.3 is 20.7 Å². The van der Waals surface area contributed by atoms with Crippen LogP contribution in [0.1, 0.15) is 19.8 Å². The van der Waals surface area contributed by atoms with Gasteiger partial charge in [-0.25, -0.2) is 4.39 Å². The highest BCUT2D eigenvalue weighted by molar-refractivity contribution is 5.62. The normalized spacial score (nSPS) is 17.1. The summed E-state index contributed by atoms with van der Waals surface area (Å²) in [6, 6.07) is 2.92. The summed E-state index contributed by atoms with van der Waals surface area (Å²) in [6.07, 6.45) is 2.59. The van der Waals surface area contributed by atoms with E-state index in [-0.39, 0.29) is 5.82 Å². The number of ether oxygens (including phenoxy) is 1. The largest absolute Gasteiger partial charge is 0.495 e. The summed E-state index contributed by atoms with van der Waals surface area (Å²) in [5.74, 6) is 0.633. The molecule has 112 valence electrons. The van der Waals surface area contributed by atoms with E-state index >= 15 is 0 Å². The molecule has 0 spiro atoms. The lowest BCUT2D eigenvalue weighted by Crippen LogP contribution is -2.29. The van der Waals surface area contributed by atoms with Crippen LogP contribution in [0, 0.1) is 11.7 Å². The van der Waals surface area contributed by atoms with Crippen LogP contribution < -0.4 is 15.8 Å². The number of nitrogens with two attached hydrogens (primary N) is 1. The molecule has 1 saturated heterocycles. The number of benzene rings is 1. The molecular weight excluding hydrogens is 257 g/mol. The number of methoxy groups -OCH3 is 1. The molecule has 3 N–H and O–H groups in total. The Morgan fingerprint density at radius 3 is 2.75 bits per heavy atom. The SMILES string of the molecule is COc1cc(NCC(C)CN2CCCC2)c(F)cc1N. The predicted octanol–water partition coefficient (Wildman–Crippen LogP) is 2.56. The maximum absolute atomic E-state index is 13.8. The second-order valence-corrected chi connectivity index (χ2v) is 5.57. The van der Waals surface area contributed by atoms with E-state index in [2.05, 4.69) is 17.1 Å². The van der Waals surface area contributed by atoms with Gasteiger partial charge in [0.05, 0.1) is 18.5 Å². The van der Waals surface area contributed by atoms with Crippen LogP contribution in [0.25, 0.3) is 0 Å². The van der Waals surface area contributed by atoms with Gasteiger partial charge in [0.2, 0.25) is 0 Å². The van der Waals surface area contributed by atoms with Crippen molar-refractivity contribution in [2.45, 2.75) is 19.8 Å². The first kappa shape index (κ1) is 14.9. The summed E-state index contributed by atoms with van der Waals surface area (Å²) >= 11 is 0. The van der Waals surface area contributed by atoms with Crippen molar-refractivity contribution >= 4 is 11.4 Å². The van der Waals surface area contributed by atoms with Gasteiger partial charge in [-0.05, 0) is 31.8 Å². The van der Waals surface area contributed by atoms with Crippen LogP contribution in [0.2, 0.25) is 0 Å². The maximum Gasteiger partial charge on any atom is 0.148 e. The zero-order chi connectivity index (χ0) is 14.5. The molecule has 1 unspecified atom stereocenters. The van der Waals surface area contributed by atoms with Gasteiger partial charge in [0.15, 0.2) is 0 Å². The Kier molecular flexibility index (Phi) is 5.06. The van der Waals surface area contributed by atoms with Gasteiger partial charge in [0, 0.05) is 25.2 Å². The van der Waals surface area contributed by atoms with Crippen LogP contribution in [0.5, 0.6) is 5.75 Å². The van der Waals surface area contributed by atoms with Gasteiger partial charge in [-0.15, -0.1) is 0 Å². The quantitative estimate of drug-likeness (QED) is 0.787. The number of likely N-dealkylation sites (tertiary alicyclic amines) is 1. The minimum Gasteiger partial charge on any atom is -0.495 e. The first-order valence-corrected chi connectivity index (χ1v) is 7.19. The van der Waals surface area contributed by atoms with Gasteiger partial charge in [-0.2, -0.15) is 0 Å². The van der Waals surface area contributed by atoms with Crippen molar-refractivity contribution in [2.75, 3.05) is 44.3 Å². The molecule has 0 aromatic heterocycles. The molecular formula is C15H24FN3O. The van der Waals surface area contributed by atoms with E-state index < -0.39 is 0 Å². The van der Waals surface area contributed by atoms with Crippen LogP contribution >= 0.6 is 0 Å². The number of hydrogen-bond acceptors (Lipinski definition) is 4. The Morgan fingerprint density at radius 2 is 2.10 bits per heavy atom. The van der Waals surface area contributed by atoms with E-state index in [1.54, 1.807) is 6.07 Å². The molecule has 5 heteroatoms. The fourth-order valence-corrected chi connectivity index (χ4v) is 2.64. The van der Waals surface area contributed by atoms with Gasteiger partial charge in [-0.1, -0.05) is 6.92 Å². The summed E-state index contributed by atoms with van der Waals surface area (Å²) in [6.45, 7) is 6.35. The Morgan fingerprint density at radius 1 is 1.40 bits per heavy atom. The van der Waals surface area contributed by atoms with Crippen LogP contribution in [0.3, 0.4) is 0 Å². The molecule has 1 atom stereocenters. The number of nitrogens with zero attached hydrogens (tertiary/aromatic N) is 1. The Hall–Kier alpha value is -1.49. The highest BCUT2D eigenvalue weighted by atomic mass is 19.1. The fraction of sp³-hybridized carbons (Fsp3) is 0.600. The van der Waals surface area contributed by atoms with Crippen LogP contribution in [0.4, 0.5) is 15.8 Å². The van der Waals surface area contributed by atoms with Crippen molar-refractivity contribution < 1.29 is 9.13 Å². The van der Waals surface area contributed by atoms with Crippen molar-refractivity contribution in [1.29, 1.82) is 0 Å². The van der Waals surface area contributed by atoms with Crippen LogP contribution in [-0.2, 0) is 0 Å². The third-order valence-corrected chi connectivity index (χ3v) is 3.73. The minimum absolute atomic E-state index is 0.320. The molecule has 0 amide bonds. The van der Waals surface area contributed by atoms with Gasteiger partial charge in [0.1, 0.15) is 11.6 Å². The first-order chi connectivity index (χ1) is 9.60. The molecule has 0 radical (unpaired) electrons. The van der Waals surface area contributed by atoms with E-state index in [0.29, 0.717) is 23.0 Å². The van der Waals surface area contributed by atoms with E-state index in [9.17, 15) is 4.39 Å². The molecule has 1 aromatic rings. The second-order valence-electron chi connectivity index (χ2n) is 5.57. The molecule has 1 aliphatic heterocycles. The summed E-state index contributed by atoms with van der Waals surface area (Å²) in [5, 5.41) is 3.15. The lowest BCUT2D eigenvalue weighted by atomic mass is 10.1. The number of hydrogen-bond donors (Lipinski definition) is 2. The molecule has 20 heavy (non-hydrogen) atoms. The Bertz CT molecular complexity index is 447. The molecule has 1 aliphatic rings. The van der Waals surface area contributed by atoms with E-state index in [1.165, 1.54) is 39.1 Å². The average molecular weight is 281 g/mol. The number of nitrogen functional groups attached to an aromatic ring is 1. The van der Waals surface area contributed by atoms with Crippen molar-refractivity contribution in [3.63, 3.8) is 0 Å². The summed E-state index contributed by atoms with van der Waals surface area (Å²) < 4.78 is 18.9. The first-order valence-electron chi connectivity index (χ1n) is 7.19. The smallest absolute Gasteiger partial charge is 0.148 e. The maximum atomic E-state index is 13.8. The minimum atomic E-state index is -0.336. The lowest BCUT2D eigenvalue weighted by Gasteiger charge is -2.21. The van der Waals surface area contributed by atoms with Crippen LogP contribution in [-0.4, -0.2) is 38.2 Å². The molecule has 4 nitrogen and oxygen atoms in total. The molecule has 0 bridgehead atoms. The van der Waals surface area contributed by atoms with Gasteiger partial charge in [0.25, 0.3) is 0 Å². The fourth-order valence-electron chi connectivity index (χ4n) is 2.64. The second kappa shape index (κ2) is 6.79. The number of halogens is 1. The summed E-state index contributed by atoms with van der Waals surface area (Å²) in [5.41, 5.74) is 6.43. The number of rotatable bonds is 6. The van der Waals surface area contributed by atoms with Crippen molar-refractivity contribution in [3.8, 4) is 5.75 Å². The average Bonchev–Trinajstić information content (AvgIpc) is 2.90. The number of nitrogens with one attached hydrogen (secondary N) is 1. The molecule has 0 aliphatic carbocycles. The Labute approximate surface area is 120 Å². The monoisotopic (exact) mass is 281 g/mol. The topological polar surface area (TPSA) is 50.5 Å². The molecule has 2 rings (SSSR count). The highest BCUT2D eigenvalue weighted by Crippen LogP contribution is 2.28. The van der Waals surface area contributed by atoms with Crippen LogP contribution in [0.15, 0.2) is 12.1 Å². The van der Waals surface area contributed by atoms with E-state index in [4.69, 9.17) is 10.5 Å². The van der Waals surface area contributed by atoms with Crippen molar-refractivity contribution in [3.05, 3.63) is 17.9 Å². The molecule has 1 fully saturated rings. The zero-order valence-corrected chi connectivity index (χ0v) is 12.3. The van der Waals surface area contributed by atoms with Gasteiger partial charge >= 0.3 is 0 Å². The lowest BCUT2D eigenvalue weighted by molar-refractivity contribution is 0.294.